The first-order valence-corrected chi connectivity index (χ1v) is 18.0. The van der Waals surface area contributed by atoms with Crippen LogP contribution in [-0.2, 0) is 0 Å². The first-order valence-electron chi connectivity index (χ1n) is 18.0. The Labute approximate surface area is 305 Å². The van der Waals surface area contributed by atoms with Gasteiger partial charge in [0.05, 0.1) is 0 Å². The molecule has 0 N–H and O–H groups in total. The molecular weight excluding hydrogens is 615 g/mol. The van der Waals surface area contributed by atoms with Gasteiger partial charge in [-0.05, 0) is 126 Å². The summed E-state index contributed by atoms with van der Waals surface area (Å²) in [6.45, 7) is 12.7. The summed E-state index contributed by atoms with van der Waals surface area (Å²) in [7, 11) is 0. The smallest absolute Gasteiger partial charge is 0.0458 e. The van der Waals surface area contributed by atoms with Gasteiger partial charge in [0.1, 0.15) is 0 Å². The van der Waals surface area contributed by atoms with Crippen LogP contribution in [0.4, 0.5) is 5.69 Å². The van der Waals surface area contributed by atoms with Crippen molar-refractivity contribution in [1.82, 2.24) is 0 Å². The highest BCUT2D eigenvalue weighted by molar-refractivity contribution is 5.87. The first kappa shape index (κ1) is 34.9. The third kappa shape index (κ3) is 8.46. The zero-order valence-electron chi connectivity index (χ0n) is 29.9. The van der Waals surface area contributed by atoms with Gasteiger partial charge in [-0.2, -0.15) is 0 Å². The number of rotatable bonds is 13. The Balaban J connectivity index is 1.29. The molecule has 0 radical (unpaired) electrons. The summed E-state index contributed by atoms with van der Waals surface area (Å²) in [4.78, 5) is 2.28. The van der Waals surface area contributed by atoms with E-state index in [9.17, 15) is 0 Å². The van der Waals surface area contributed by atoms with E-state index in [1.807, 2.05) is 6.08 Å². The fourth-order valence-corrected chi connectivity index (χ4v) is 6.80. The van der Waals surface area contributed by atoms with Crippen LogP contribution < -0.4 is 4.90 Å². The molecule has 0 bridgehead atoms. The summed E-state index contributed by atoms with van der Waals surface area (Å²) in [5, 5.41) is 0. The Bertz CT molecular complexity index is 2130. The average Bonchev–Trinajstić information content (AvgIpc) is 3.20. The minimum Gasteiger partial charge on any atom is -0.315 e. The van der Waals surface area contributed by atoms with Gasteiger partial charge in [0.2, 0.25) is 0 Å². The molecule has 0 unspecified atom stereocenters. The Morgan fingerprint density at radius 2 is 1.24 bits per heavy atom. The standard InChI is InChI=1S/C50H47N/c1-5-8-27-47(7-3)51(38(4)30-31-39(6-2)40-19-11-9-12-20-40)48-34-32-42(33-35-48)44-24-18-26-46(37-44)50-29-16-15-28-49(50)45-25-17-23-43(36-45)41-21-13-10-14-22-41/h5-7,9-11,13-19,21-26,28-37H,1,4,8,12,20,27H2,2-3H3/b31-30-,39-6+,47-7+. The van der Waals surface area contributed by atoms with Gasteiger partial charge in [0, 0.05) is 17.1 Å². The van der Waals surface area contributed by atoms with Gasteiger partial charge in [-0.3, -0.25) is 0 Å². The van der Waals surface area contributed by atoms with E-state index < -0.39 is 0 Å². The molecule has 1 aliphatic rings. The van der Waals surface area contributed by atoms with Crippen LogP contribution >= 0.6 is 0 Å². The molecule has 252 valence electrons. The third-order valence-corrected chi connectivity index (χ3v) is 9.50. The molecule has 51 heavy (non-hydrogen) atoms. The molecule has 5 aromatic rings. The number of hydrogen-bond donors (Lipinski definition) is 0. The largest absolute Gasteiger partial charge is 0.315 e. The van der Waals surface area contributed by atoms with Crippen LogP contribution in [0.3, 0.4) is 0 Å². The van der Waals surface area contributed by atoms with Crippen molar-refractivity contribution < 1.29 is 0 Å². The van der Waals surface area contributed by atoms with Crippen molar-refractivity contribution in [3.63, 3.8) is 0 Å². The molecule has 0 atom stereocenters. The fourth-order valence-electron chi connectivity index (χ4n) is 6.80. The number of nitrogens with zero attached hydrogens (tertiary/aromatic N) is 1. The molecule has 1 aliphatic carbocycles. The lowest BCUT2D eigenvalue weighted by molar-refractivity contribution is 0.913. The second-order valence-electron chi connectivity index (χ2n) is 12.8. The maximum Gasteiger partial charge on any atom is 0.0458 e. The Hall–Kier alpha value is -5.92. The van der Waals surface area contributed by atoms with Gasteiger partial charge in [0.15, 0.2) is 0 Å². The van der Waals surface area contributed by atoms with Crippen molar-refractivity contribution in [3.8, 4) is 44.5 Å². The molecule has 0 heterocycles. The average molecular weight is 662 g/mol. The molecule has 0 saturated heterocycles. The van der Waals surface area contributed by atoms with Crippen LogP contribution in [0.5, 0.6) is 0 Å². The summed E-state index contributed by atoms with van der Waals surface area (Å²) in [6.07, 6.45) is 21.3. The van der Waals surface area contributed by atoms with Crippen molar-refractivity contribution in [2.75, 3.05) is 4.90 Å². The normalized spacial score (nSPS) is 13.3. The van der Waals surface area contributed by atoms with E-state index in [4.69, 9.17) is 0 Å². The Kier molecular flexibility index (Phi) is 11.7. The van der Waals surface area contributed by atoms with Gasteiger partial charge in [-0.1, -0.05) is 152 Å². The molecule has 0 fully saturated rings. The first-order chi connectivity index (χ1) is 25.1. The number of benzene rings is 5. The molecule has 0 amide bonds. The van der Waals surface area contributed by atoms with Crippen LogP contribution in [0.1, 0.15) is 39.5 Å². The minimum atomic E-state index is 0.886. The predicted molar refractivity (Wildman–Crippen MR) is 222 cm³/mol. The van der Waals surface area contributed by atoms with Crippen molar-refractivity contribution in [2.24, 2.45) is 0 Å². The van der Waals surface area contributed by atoms with Gasteiger partial charge in [-0.15, -0.1) is 6.58 Å². The molecule has 0 spiro atoms. The summed E-state index contributed by atoms with van der Waals surface area (Å²) in [6, 6.07) is 45.9. The number of hydrogen-bond acceptors (Lipinski definition) is 1. The zero-order chi connectivity index (χ0) is 35.4. The van der Waals surface area contributed by atoms with Gasteiger partial charge >= 0.3 is 0 Å². The maximum atomic E-state index is 4.55. The molecule has 6 rings (SSSR count). The summed E-state index contributed by atoms with van der Waals surface area (Å²) < 4.78 is 0. The van der Waals surface area contributed by atoms with Gasteiger partial charge in [0.25, 0.3) is 0 Å². The highest BCUT2D eigenvalue weighted by atomic mass is 15.1. The van der Waals surface area contributed by atoms with E-state index in [1.165, 1.54) is 61.4 Å². The lowest BCUT2D eigenvalue weighted by Crippen LogP contribution is -2.20. The summed E-state index contributed by atoms with van der Waals surface area (Å²) in [5.74, 6) is 0. The summed E-state index contributed by atoms with van der Waals surface area (Å²) >= 11 is 0. The third-order valence-electron chi connectivity index (χ3n) is 9.50. The van der Waals surface area contributed by atoms with Crippen molar-refractivity contribution >= 4 is 5.69 Å². The van der Waals surface area contributed by atoms with Crippen LogP contribution in [0.2, 0.25) is 0 Å². The molecule has 0 aromatic heterocycles. The number of anilines is 1. The quantitative estimate of drug-likeness (QED) is 0.0896. The molecule has 0 saturated carbocycles. The van der Waals surface area contributed by atoms with E-state index in [2.05, 4.69) is 202 Å². The second kappa shape index (κ2) is 17.1. The van der Waals surface area contributed by atoms with Crippen molar-refractivity contribution in [2.45, 2.75) is 39.5 Å². The fraction of sp³-hybridized carbons (Fsp3) is 0.120. The molecule has 0 aliphatic heterocycles. The number of allylic oxidation sites excluding steroid dienone is 11. The minimum absolute atomic E-state index is 0.886. The topological polar surface area (TPSA) is 3.24 Å². The monoisotopic (exact) mass is 661 g/mol. The maximum absolute atomic E-state index is 4.55. The van der Waals surface area contributed by atoms with E-state index in [0.29, 0.717) is 0 Å². The van der Waals surface area contributed by atoms with E-state index >= 15 is 0 Å². The van der Waals surface area contributed by atoms with E-state index in [-0.39, 0.29) is 0 Å². The van der Waals surface area contributed by atoms with Crippen molar-refractivity contribution in [3.05, 3.63) is 212 Å². The van der Waals surface area contributed by atoms with Gasteiger partial charge in [-0.25, -0.2) is 0 Å². The van der Waals surface area contributed by atoms with Crippen LogP contribution in [0.15, 0.2) is 212 Å². The predicted octanol–water partition coefficient (Wildman–Crippen LogP) is 14.3. The molecule has 1 heteroatoms. The lowest BCUT2D eigenvalue weighted by atomic mass is 9.91. The molecule has 1 nitrogen and oxygen atoms in total. The van der Waals surface area contributed by atoms with Gasteiger partial charge < -0.3 is 4.90 Å². The highest BCUT2D eigenvalue weighted by Gasteiger charge is 2.15. The SMILES string of the molecule is C=CCC/C(=C\C)N(C(=C)/C=C\C(=C/C)C1=CC=CCC1)c1ccc(-c2cccc(-c3ccccc3-c3cccc(-c4ccccc4)c3)c2)cc1. The zero-order valence-corrected chi connectivity index (χ0v) is 29.9. The second-order valence-corrected chi connectivity index (χ2v) is 12.8. The van der Waals surface area contributed by atoms with E-state index in [1.54, 1.807) is 0 Å². The van der Waals surface area contributed by atoms with Crippen LogP contribution in [-0.4, -0.2) is 0 Å². The lowest BCUT2D eigenvalue weighted by Gasteiger charge is -2.28. The highest BCUT2D eigenvalue weighted by Crippen LogP contribution is 2.37. The Morgan fingerprint density at radius 1 is 0.647 bits per heavy atom. The molecular formula is C50H47N. The van der Waals surface area contributed by atoms with Crippen LogP contribution in [0.25, 0.3) is 44.5 Å². The van der Waals surface area contributed by atoms with E-state index in [0.717, 1.165) is 37.1 Å². The van der Waals surface area contributed by atoms with Crippen molar-refractivity contribution in [1.29, 1.82) is 0 Å². The van der Waals surface area contributed by atoms with Crippen LogP contribution in [0, 0.1) is 0 Å². The molecule has 5 aromatic carbocycles. The summed E-state index contributed by atoms with van der Waals surface area (Å²) in [5.41, 5.74) is 15.5. The Morgan fingerprint density at radius 3 is 1.80 bits per heavy atom.